The summed E-state index contributed by atoms with van der Waals surface area (Å²) in [5.41, 5.74) is -0.821. The predicted molar refractivity (Wildman–Crippen MR) is 101 cm³/mol. The number of hydrogen-bond acceptors (Lipinski definition) is 6. The standard InChI is InChI=1S/C18H26N4O5/c1-5-11-22(12-14(23)19-13-9-7-6-8-10-13)16(24)15(18(2,3)21-26)20-17(25)27-4/h6-10,15H,5,11-12H2,1-4H3,(H,19,23)(H,20,25)/t15-/m1/s1. The second-order valence-corrected chi connectivity index (χ2v) is 6.49. The van der Waals surface area contributed by atoms with Crippen LogP contribution in [0.25, 0.3) is 0 Å². The Balaban J connectivity index is 2.96. The van der Waals surface area contributed by atoms with Gasteiger partial charge in [0.15, 0.2) is 0 Å². The SMILES string of the molecule is CCCN(CC(=O)Nc1ccccc1)C(=O)[C@@H](NC(=O)OC)C(C)(C)N=O. The van der Waals surface area contributed by atoms with Crippen LogP contribution in [0.1, 0.15) is 27.2 Å². The molecule has 1 aromatic carbocycles. The number of nitrogens with one attached hydrogen (secondary N) is 2. The quantitative estimate of drug-likeness (QED) is 0.638. The first kappa shape index (κ1) is 22.1. The van der Waals surface area contributed by atoms with Gasteiger partial charge in [-0.15, -0.1) is 0 Å². The maximum Gasteiger partial charge on any atom is 0.407 e. The molecule has 3 amide bonds. The number of carbonyl (C=O) groups excluding carboxylic acids is 3. The minimum absolute atomic E-state index is 0.226. The molecule has 1 aromatic rings. The van der Waals surface area contributed by atoms with E-state index in [1.807, 2.05) is 13.0 Å². The number of hydrogen-bond donors (Lipinski definition) is 2. The van der Waals surface area contributed by atoms with Crippen molar-refractivity contribution in [1.82, 2.24) is 10.2 Å². The van der Waals surface area contributed by atoms with Gasteiger partial charge < -0.3 is 20.3 Å². The topological polar surface area (TPSA) is 117 Å². The molecule has 0 spiro atoms. The van der Waals surface area contributed by atoms with Gasteiger partial charge in [-0.05, 0) is 32.4 Å². The molecule has 0 aromatic heterocycles. The number of nitroso groups, excluding NO2 is 1. The van der Waals surface area contributed by atoms with E-state index in [1.54, 1.807) is 24.3 Å². The number of carbonyl (C=O) groups is 3. The number of anilines is 1. The van der Waals surface area contributed by atoms with E-state index in [-0.39, 0.29) is 13.1 Å². The maximum atomic E-state index is 13.0. The summed E-state index contributed by atoms with van der Waals surface area (Å²) < 4.78 is 4.53. The van der Waals surface area contributed by atoms with Crippen molar-refractivity contribution in [3.05, 3.63) is 35.2 Å². The average Bonchev–Trinajstić information content (AvgIpc) is 2.65. The van der Waals surface area contributed by atoms with Crippen LogP contribution in [0.3, 0.4) is 0 Å². The van der Waals surface area contributed by atoms with Crippen LogP contribution in [0.4, 0.5) is 10.5 Å². The van der Waals surface area contributed by atoms with Gasteiger partial charge in [0.2, 0.25) is 11.8 Å². The second-order valence-electron chi connectivity index (χ2n) is 6.49. The zero-order valence-electron chi connectivity index (χ0n) is 16.0. The van der Waals surface area contributed by atoms with Crippen LogP contribution in [0.5, 0.6) is 0 Å². The van der Waals surface area contributed by atoms with Crippen LogP contribution < -0.4 is 10.6 Å². The molecule has 0 aliphatic rings. The highest BCUT2D eigenvalue weighted by atomic mass is 16.5. The lowest BCUT2D eigenvalue weighted by Crippen LogP contribution is -2.58. The van der Waals surface area contributed by atoms with Gasteiger partial charge in [0.25, 0.3) is 0 Å². The highest BCUT2D eigenvalue weighted by molar-refractivity contribution is 5.96. The highest BCUT2D eigenvalue weighted by Crippen LogP contribution is 2.18. The van der Waals surface area contributed by atoms with Crippen LogP contribution in [-0.4, -0.2) is 54.6 Å². The summed E-state index contributed by atoms with van der Waals surface area (Å²) in [7, 11) is 1.15. The van der Waals surface area contributed by atoms with Crippen LogP contribution in [0, 0.1) is 4.91 Å². The van der Waals surface area contributed by atoms with Crippen LogP contribution in [-0.2, 0) is 14.3 Å². The van der Waals surface area contributed by atoms with E-state index in [0.29, 0.717) is 12.1 Å². The smallest absolute Gasteiger partial charge is 0.407 e. The maximum absolute atomic E-state index is 13.0. The van der Waals surface area contributed by atoms with Crippen molar-refractivity contribution in [2.45, 2.75) is 38.8 Å². The van der Waals surface area contributed by atoms with E-state index in [2.05, 4.69) is 20.5 Å². The molecule has 0 radical (unpaired) electrons. The normalized spacial score (nSPS) is 11.9. The largest absolute Gasteiger partial charge is 0.453 e. The minimum atomic E-state index is -1.42. The lowest BCUT2D eigenvalue weighted by Gasteiger charge is -2.32. The van der Waals surface area contributed by atoms with Crippen molar-refractivity contribution in [3.8, 4) is 0 Å². The van der Waals surface area contributed by atoms with Gasteiger partial charge >= 0.3 is 6.09 Å². The third kappa shape index (κ3) is 6.69. The third-order valence-electron chi connectivity index (χ3n) is 3.83. The molecule has 9 nitrogen and oxygen atoms in total. The van der Waals surface area contributed by atoms with Gasteiger partial charge in [0, 0.05) is 12.2 Å². The van der Waals surface area contributed by atoms with Crippen molar-refractivity contribution in [3.63, 3.8) is 0 Å². The fraction of sp³-hybridized carbons (Fsp3) is 0.500. The van der Waals surface area contributed by atoms with E-state index >= 15 is 0 Å². The molecule has 0 saturated carbocycles. The van der Waals surface area contributed by atoms with Crippen molar-refractivity contribution >= 4 is 23.6 Å². The lowest BCUT2D eigenvalue weighted by atomic mass is 9.94. The van der Waals surface area contributed by atoms with Gasteiger partial charge in [-0.3, -0.25) is 9.59 Å². The van der Waals surface area contributed by atoms with Crippen molar-refractivity contribution < 1.29 is 19.1 Å². The Kier molecular flexibility index (Phi) is 8.37. The van der Waals surface area contributed by atoms with Crippen LogP contribution in [0.15, 0.2) is 35.5 Å². The summed E-state index contributed by atoms with van der Waals surface area (Å²) in [6.07, 6.45) is -0.278. The first-order chi connectivity index (χ1) is 12.7. The highest BCUT2D eigenvalue weighted by Gasteiger charge is 2.40. The Bertz CT molecular complexity index is 663. The van der Waals surface area contributed by atoms with E-state index in [0.717, 1.165) is 7.11 Å². The molecule has 0 aliphatic heterocycles. The zero-order chi connectivity index (χ0) is 20.4. The molecule has 0 bridgehead atoms. The molecule has 1 rings (SSSR count). The number of alkyl carbamates (subject to hydrolysis) is 1. The molecule has 1 atom stereocenters. The molecule has 2 N–H and O–H groups in total. The van der Waals surface area contributed by atoms with Crippen molar-refractivity contribution in [2.24, 2.45) is 5.18 Å². The van der Waals surface area contributed by atoms with Crippen molar-refractivity contribution in [2.75, 3.05) is 25.5 Å². The van der Waals surface area contributed by atoms with Gasteiger partial charge in [-0.1, -0.05) is 30.3 Å². The Hall–Kier alpha value is -2.97. The Morgan fingerprint density at radius 2 is 1.85 bits per heavy atom. The van der Waals surface area contributed by atoms with Gasteiger partial charge in [0.1, 0.15) is 11.6 Å². The summed E-state index contributed by atoms with van der Waals surface area (Å²) in [5, 5.41) is 7.99. The van der Waals surface area contributed by atoms with Gasteiger partial charge in [0.05, 0.1) is 13.7 Å². The summed E-state index contributed by atoms with van der Waals surface area (Å²) in [6.45, 7) is 4.74. The Morgan fingerprint density at radius 3 is 2.37 bits per heavy atom. The lowest BCUT2D eigenvalue weighted by molar-refractivity contribution is -0.137. The second kappa shape index (κ2) is 10.2. The predicted octanol–water partition coefficient (Wildman–Crippen LogP) is 2.13. The zero-order valence-corrected chi connectivity index (χ0v) is 16.0. The molecular weight excluding hydrogens is 352 g/mol. The number of para-hydroxylation sites is 1. The van der Waals surface area contributed by atoms with Crippen molar-refractivity contribution in [1.29, 1.82) is 0 Å². The number of nitrogens with zero attached hydrogens (tertiary/aromatic N) is 2. The first-order valence-corrected chi connectivity index (χ1v) is 8.57. The van der Waals surface area contributed by atoms with E-state index in [1.165, 1.54) is 18.7 Å². The Morgan fingerprint density at radius 1 is 1.22 bits per heavy atom. The fourth-order valence-corrected chi connectivity index (χ4v) is 2.39. The summed E-state index contributed by atoms with van der Waals surface area (Å²) in [6, 6.07) is 7.56. The Labute approximate surface area is 158 Å². The molecule has 9 heteroatoms. The van der Waals surface area contributed by atoms with Crippen LogP contribution in [0.2, 0.25) is 0 Å². The molecule has 0 heterocycles. The van der Waals surface area contributed by atoms with E-state index in [4.69, 9.17) is 0 Å². The number of rotatable bonds is 9. The van der Waals surface area contributed by atoms with E-state index < -0.39 is 29.5 Å². The molecule has 148 valence electrons. The van der Waals surface area contributed by atoms with Gasteiger partial charge in [-0.25, -0.2) is 4.79 Å². The molecule has 0 saturated heterocycles. The average molecular weight is 378 g/mol. The van der Waals surface area contributed by atoms with E-state index in [9.17, 15) is 19.3 Å². The molecule has 0 aliphatic carbocycles. The molecule has 27 heavy (non-hydrogen) atoms. The van der Waals surface area contributed by atoms with Gasteiger partial charge in [-0.2, -0.15) is 4.91 Å². The number of amides is 3. The first-order valence-electron chi connectivity index (χ1n) is 8.57. The molecule has 0 fully saturated rings. The molecule has 0 unspecified atom stereocenters. The monoisotopic (exact) mass is 378 g/mol. The number of ether oxygens (including phenoxy) is 1. The number of benzene rings is 1. The third-order valence-corrected chi connectivity index (χ3v) is 3.83. The van der Waals surface area contributed by atoms with Crippen LogP contribution >= 0.6 is 0 Å². The molecular formula is C18H26N4O5. The summed E-state index contributed by atoms with van der Waals surface area (Å²) >= 11 is 0. The fourth-order valence-electron chi connectivity index (χ4n) is 2.39. The summed E-state index contributed by atoms with van der Waals surface area (Å²) in [5.74, 6) is -0.980. The number of methoxy groups -OCH3 is 1. The minimum Gasteiger partial charge on any atom is -0.453 e. The summed E-state index contributed by atoms with van der Waals surface area (Å²) in [4.78, 5) is 49.4.